The number of halogens is 4. The predicted octanol–water partition coefficient (Wildman–Crippen LogP) is 5.57. The molecule has 0 aromatic heterocycles. The molecule has 0 aliphatic carbocycles. The third-order valence-electron chi connectivity index (χ3n) is 4.79. The number of nitro benzene ring substituents is 1. The van der Waals surface area contributed by atoms with Crippen molar-refractivity contribution in [3.05, 3.63) is 91.5 Å². The lowest BCUT2D eigenvalue weighted by atomic mass is 10.1. The van der Waals surface area contributed by atoms with E-state index in [1.807, 2.05) is 0 Å². The molecular weight excluding hydrogens is 495 g/mol. The minimum absolute atomic E-state index is 0.141. The summed E-state index contributed by atoms with van der Waals surface area (Å²) in [5.41, 5.74) is -1.15. The van der Waals surface area contributed by atoms with Gasteiger partial charge in [-0.3, -0.25) is 10.1 Å². The topological polar surface area (TPSA) is 119 Å². The van der Waals surface area contributed by atoms with Crippen LogP contribution in [0.2, 0.25) is 5.02 Å². The van der Waals surface area contributed by atoms with E-state index in [0.717, 1.165) is 30.3 Å². The zero-order valence-corrected chi connectivity index (χ0v) is 18.7. The number of nitrogens with zero attached hydrogens (tertiary/aromatic N) is 1. The van der Waals surface area contributed by atoms with Crippen molar-refractivity contribution in [1.29, 1.82) is 0 Å². The maximum atomic E-state index is 12.9. The summed E-state index contributed by atoms with van der Waals surface area (Å²) in [5.74, 6) is -1.67. The molecule has 0 aliphatic heterocycles. The minimum Gasteiger partial charge on any atom is -0.456 e. The molecule has 3 aromatic rings. The highest BCUT2D eigenvalue weighted by Crippen LogP contribution is 2.37. The third-order valence-corrected chi connectivity index (χ3v) is 5.09. The van der Waals surface area contributed by atoms with Crippen molar-refractivity contribution in [1.82, 2.24) is 0 Å². The van der Waals surface area contributed by atoms with E-state index in [9.17, 15) is 38.3 Å². The van der Waals surface area contributed by atoms with Gasteiger partial charge in [-0.15, -0.1) is 0 Å². The Morgan fingerprint density at radius 2 is 1.69 bits per heavy atom. The number of hydrogen-bond acceptors (Lipinski definition) is 7. The first-order valence-electron chi connectivity index (χ1n) is 9.84. The number of benzene rings is 3. The standard InChI is InChI=1S/C23H17ClF3NO7/c1-12-6-13(10-29)21(14(7-12)11-30)35-22(31)17-9-16(3-4-19(17)28(32)33)34-20-5-2-15(8-18(20)24)23(25,26)27/h2-9,29-30H,10-11H2,1H3. The SMILES string of the molecule is Cc1cc(CO)c(OC(=O)c2cc(Oc3ccc(C(F)(F)F)cc3Cl)ccc2[N+](=O)[O-])c(CO)c1. The van der Waals surface area contributed by atoms with E-state index >= 15 is 0 Å². The maximum absolute atomic E-state index is 12.9. The minimum atomic E-state index is -4.62. The van der Waals surface area contributed by atoms with Crippen molar-refractivity contribution in [3.63, 3.8) is 0 Å². The number of nitro groups is 1. The van der Waals surface area contributed by atoms with Crippen molar-refractivity contribution in [2.24, 2.45) is 0 Å². The van der Waals surface area contributed by atoms with Gasteiger partial charge in [0.2, 0.25) is 0 Å². The summed E-state index contributed by atoms with van der Waals surface area (Å²) in [6, 6.07) is 8.46. The fraction of sp³-hybridized carbons (Fsp3) is 0.174. The van der Waals surface area contributed by atoms with Crippen LogP contribution < -0.4 is 9.47 Å². The van der Waals surface area contributed by atoms with E-state index < -0.39 is 47.1 Å². The molecule has 0 heterocycles. The van der Waals surface area contributed by atoms with E-state index in [1.165, 1.54) is 12.1 Å². The molecule has 0 radical (unpaired) electrons. The number of ether oxygens (including phenoxy) is 2. The fourth-order valence-electron chi connectivity index (χ4n) is 3.23. The normalized spacial score (nSPS) is 11.3. The van der Waals surface area contributed by atoms with Gasteiger partial charge in [0.25, 0.3) is 5.69 Å². The monoisotopic (exact) mass is 511 g/mol. The van der Waals surface area contributed by atoms with Gasteiger partial charge in [-0.05, 0) is 31.2 Å². The number of esters is 1. The van der Waals surface area contributed by atoms with Crippen LogP contribution in [-0.4, -0.2) is 21.1 Å². The number of rotatable bonds is 7. The van der Waals surface area contributed by atoms with Gasteiger partial charge in [-0.1, -0.05) is 29.3 Å². The lowest BCUT2D eigenvalue weighted by Gasteiger charge is -2.15. The Kier molecular flexibility index (Phi) is 7.64. The first kappa shape index (κ1) is 25.9. The van der Waals surface area contributed by atoms with Crippen LogP contribution in [0.25, 0.3) is 0 Å². The quantitative estimate of drug-likeness (QED) is 0.184. The van der Waals surface area contributed by atoms with Gasteiger partial charge in [0, 0.05) is 23.3 Å². The van der Waals surface area contributed by atoms with Crippen LogP contribution in [0.1, 0.15) is 32.6 Å². The molecule has 0 bridgehead atoms. The van der Waals surface area contributed by atoms with Gasteiger partial charge in [0.1, 0.15) is 22.8 Å². The highest BCUT2D eigenvalue weighted by Gasteiger charge is 2.31. The summed E-state index contributed by atoms with van der Waals surface area (Å²) >= 11 is 5.88. The predicted molar refractivity (Wildman–Crippen MR) is 118 cm³/mol. The fourth-order valence-corrected chi connectivity index (χ4v) is 3.45. The van der Waals surface area contributed by atoms with E-state index in [2.05, 4.69) is 0 Å². The third kappa shape index (κ3) is 5.88. The van der Waals surface area contributed by atoms with Gasteiger partial charge >= 0.3 is 12.1 Å². The zero-order valence-electron chi connectivity index (χ0n) is 17.9. The first-order valence-corrected chi connectivity index (χ1v) is 10.2. The smallest absolute Gasteiger partial charge is 0.416 e. The average Bonchev–Trinajstić information content (AvgIpc) is 2.80. The summed E-state index contributed by atoms with van der Waals surface area (Å²) < 4.78 is 49.3. The van der Waals surface area contributed by atoms with Crippen LogP contribution in [0.15, 0.2) is 48.5 Å². The van der Waals surface area contributed by atoms with E-state index in [1.54, 1.807) is 6.92 Å². The molecule has 0 amide bonds. The second kappa shape index (κ2) is 10.3. The van der Waals surface area contributed by atoms with Crippen molar-refractivity contribution in [2.75, 3.05) is 0 Å². The summed E-state index contributed by atoms with van der Waals surface area (Å²) in [4.78, 5) is 23.5. The Labute approximate surface area is 201 Å². The molecular formula is C23H17ClF3NO7. The molecule has 184 valence electrons. The van der Waals surface area contributed by atoms with Gasteiger partial charge in [-0.25, -0.2) is 4.79 Å². The maximum Gasteiger partial charge on any atom is 0.416 e. The van der Waals surface area contributed by atoms with Crippen LogP contribution in [0, 0.1) is 17.0 Å². The van der Waals surface area contributed by atoms with Gasteiger partial charge in [0.05, 0.1) is 28.7 Å². The largest absolute Gasteiger partial charge is 0.456 e. The molecule has 0 atom stereocenters. The van der Waals surface area contributed by atoms with E-state index in [4.69, 9.17) is 21.1 Å². The van der Waals surface area contributed by atoms with Crippen molar-refractivity contribution < 1.29 is 42.6 Å². The molecule has 0 unspecified atom stereocenters. The second-order valence-electron chi connectivity index (χ2n) is 7.30. The average molecular weight is 512 g/mol. The molecule has 0 saturated heterocycles. The molecule has 3 aromatic carbocycles. The Balaban J connectivity index is 1.98. The summed E-state index contributed by atoms with van der Waals surface area (Å²) in [6.07, 6.45) is -4.62. The first-order chi connectivity index (χ1) is 16.4. The number of carbonyl (C=O) groups is 1. The van der Waals surface area contributed by atoms with Crippen molar-refractivity contribution >= 4 is 23.3 Å². The van der Waals surface area contributed by atoms with Gasteiger partial charge < -0.3 is 19.7 Å². The number of alkyl halides is 3. The summed E-state index contributed by atoms with van der Waals surface area (Å²) in [5, 5.41) is 30.3. The summed E-state index contributed by atoms with van der Waals surface area (Å²) in [6.45, 7) is 0.631. The number of hydrogen-bond donors (Lipinski definition) is 2. The molecule has 3 rings (SSSR count). The zero-order chi connectivity index (χ0) is 25.9. The molecule has 2 N–H and O–H groups in total. The van der Waals surface area contributed by atoms with Gasteiger partial charge in [0.15, 0.2) is 0 Å². The summed E-state index contributed by atoms with van der Waals surface area (Å²) in [7, 11) is 0. The number of aliphatic hydroxyl groups excluding tert-OH is 2. The number of aliphatic hydroxyl groups is 2. The molecule has 0 aliphatic rings. The molecule has 0 saturated carbocycles. The Hall–Kier alpha value is -3.67. The lowest BCUT2D eigenvalue weighted by molar-refractivity contribution is -0.385. The van der Waals surface area contributed by atoms with Gasteiger partial charge in [-0.2, -0.15) is 13.2 Å². The van der Waals surface area contributed by atoms with Crippen LogP contribution in [0.5, 0.6) is 17.2 Å². The van der Waals surface area contributed by atoms with Crippen molar-refractivity contribution in [3.8, 4) is 17.2 Å². The van der Waals surface area contributed by atoms with Crippen LogP contribution in [0.3, 0.4) is 0 Å². The van der Waals surface area contributed by atoms with Crippen LogP contribution >= 0.6 is 11.6 Å². The highest BCUT2D eigenvalue weighted by atomic mass is 35.5. The Bertz CT molecular complexity index is 1270. The molecule has 8 nitrogen and oxygen atoms in total. The van der Waals surface area contributed by atoms with E-state index in [-0.39, 0.29) is 33.4 Å². The molecule has 35 heavy (non-hydrogen) atoms. The number of aryl methyl sites for hydroxylation is 1. The number of carbonyl (C=O) groups excluding carboxylic acids is 1. The molecule has 12 heteroatoms. The molecule has 0 fully saturated rings. The van der Waals surface area contributed by atoms with E-state index in [0.29, 0.717) is 11.6 Å². The van der Waals surface area contributed by atoms with Crippen LogP contribution in [-0.2, 0) is 19.4 Å². The van der Waals surface area contributed by atoms with Crippen molar-refractivity contribution in [2.45, 2.75) is 26.3 Å². The lowest BCUT2D eigenvalue weighted by Crippen LogP contribution is -2.14. The molecule has 0 spiro atoms. The van der Waals surface area contributed by atoms with Crippen LogP contribution in [0.4, 0.5) is 18.9 Å². The highest BCUT2D eigenvalue weighted by molar-refractivity contribution is 6.32. The Morgan fingerprint density at radius 3 is 2.20 bits per heavy atom. The Morgan fingerprint density at radius 1 is 1.06 bits per heavy atom. The second-order valence-corrected chi connectivity index (χ2v) is 7.71.